The zero-order valence-corrected chi connectivity index (χ0v) is 20.6. The van der Waals surface area contributed by atoms with Crippen LogP contribution in [0.3, 0.4) is 0 Å². The SMILES string of the molecule is CN1[C@H](C2CC2)CN(c2ccccc2)c2cc(Cl)c(-c3cc(C(=O)O)ccc3CO)cc2S1(=O)=O. The van der Waals surface area contributed by atoms with Gasteiger partial charge in [-0.15, -0.1) is 0 Å². The van der Waals surface area contributed by atoms with Crippen LogP contribution in [0.15, 0.2) is 65.6 Å². The van der Waals surface area contributed by atoms with E-state index >= 15 is 0 Å². The molecule has 1 atom stereocenters. The number of carbonyl (C=O) groups is 1. The summed E-state index contributed by atoms with van der Waals surface area (Å²) in [6, 6.07) is 16.9. The summed E-state index contributed by atoms with van der Waals surface area (Å²) in [5, 5.41) is 19.6. The standard InChI is InChI=1S/C26H25ClN2O5S/c1-28-24(16-7-8-16)14-29(19-5-3-2-4-6-19)23-13-22(27)21(12-25(23)35(28,33)34)20-11-17(26(31)32)9-10-18(20)15-30/h2-6,9-13,16,24,30H,7-8,14-15H2,1H3,(H,31,32)/t24-/m0/s1. The van der Waals surface area contributed by atoms with Crippen molar-refractivity contribution in [3.63, 3.8) is 0 Å². The van der Waals surface area contributed by atoms with E-state index in [1.807, 2.05) is 35.2 Å². The predicted octanol–water partition coefficient (Wildman–Crippen LogP) is 4.75. The van der Waals surface area contributed by atoms with E-state index in [9.17, 15) is 23.4 Å². The first-order chi connectivity index (χ1) is 16.7. The first kappa shape index (κ1) is 23.8. The van der Waals surface area contributed by atoms with Gasteiger partial charge in [0.1, 0.15) is 4.90 Å². The van der Waals surface area contributed by atoms with Crippen LogP contribution in [-0.4, -0.2) is 48.5 Å². The molecule has 3 aromatic carbocycles. The van der Waals surface area contributed by atoms with Crippen LogP contribution in [0.2, 0.25) is 5.02 Å². The number of hydrogen-bond donors (Lipinski definition) is 2. The number of carboxylic acid groups (broad SMARTS) is 1. The maximum Gasteiger partial charge on any atom is 0.335 e. The largest absolute Gasteiger partial charge is 0.478 e. The number of aliphatic hydroxyl groups excluding tert-OH is 1. The van der Waals surface area contributed by atoms with Gasteiger partial charge in [0.25, 0.3) is 0 Å². The summed E-state index contributed by atoms with van der Waals surface area (Å²) >= 11 is 6.74. The second-order valence-electron chi connectivity index (χ2n) is 9.01. The molecule has 2 N–H and O–H groups in total. The third-order valence-electron chi connectivity index (χ3n) is 6.88. The third-order valence-corrected chi connectivity index (χ3v) is 9.11. The fourth-order valence-electron chi connectivity index (χ4n) is 4.78. The summed E-state index contributed by atoms with van der Waals surface area (Å²) in [5.41, 5.74) is 2.53. The number of benzene rings is 3. The van der Waals surface area contributed by atoms with Crippen molar-refractivity contribution in [2.24, 2.45) is 5.92 Å². The number of anilines is 2. The molecule has 1 saturated carbocycles. The first-order valence-corrected chi connectivity index (χ1v) is 13.2. The van der Waals surface area contributed by atoms with E-state index in [0.29, 0.717) is 34.8 Å². The second-order valence-corrected chi connectivity index (χ2v) is 11.4. The molecule has 1 fully saturated rings. The highest BCUT2D eigenvalue weighted by molar-refractivity contribution is 7.89. The van der Waals surface area contributed by atoms with Gasteiger partial charge in [0.15, 0.2) is 0 Å². The van der Waals surface area contributed by atoms with Gasteiger partial charge in [-0.2, -0.15) is 4.31 Å². The van der Waals surface area contributed by atoms with Crippen LogP contribution in [-0.2, 0) is 16.6 Å². The average Bonchev–Trinajstić information content (AvgIpc) is 3.69. The Morgan fingerprint density at radius 2 is 1.77 bits per heavy atom. The first-order valence-electron chi connectivity index (χ1n) is 11.3. The van der Waals surface area contributed by atoms with Crippen molar-refractivity contribution >= 4 is 39.0 Å². The fraction of sp³-hybridized carbons (Fsp3) is 0.269. The van der Waals surface area contributed by atoms with Crippen LogP contribution in [0, 0.1) is 5.92 Å². The van der Waals surface area contributed by atoms with Crippen molar-refractivity contribution < 1.29 is 23.4 Å². The van der Waals surface area contributed by atoms with E-state index in [2.05, 4.69) is 0 Å². The predicted molar refractivity (Wildman–Crippen MR) is 135 cm³/mol. The molecule has 0 saturated heterocycles. The highest BCUT2D eigenvalue weighted by Crippen LogP contribution is 2.46. The Morgan fingerprint density at radius 1 is 1.06 bits per heavy atom. The number of hydrogen-bond acceptors (Lipinski definition) is 5. The molecule has 0 unspecified atom stereocenters. The Labute approximate surface area is 209 Å². The van der Waals surface area contributed by atoms with Gasteiger partial charge in [0.2, 0.25) is 10.0 Å². The smallest absolute Gasteiger partial charge is 0.335 e. The lowest BCUT2D eigenvalue weighted by molar-refractivity contribution is 0.0697. The molecule has 0 radical (unpaired) electrons. The zero-order chi connectivity index (χ0) is 24.9. The molecule has 0 aromatic heterocycles. The van der Waals surface area contributed by atoms with E-state index in [4.69, 9.17) is 11.6 Å². The topological polar surface area (TPSA) is 98.2 Å². The van der Waals surface area contributed by atoms with E-state index in [-0.39, 0.29) is 28.1 Å². The highest BCUT2D eigenvalue weighted by atomic mass is 35.5. The zero-order valence-electron chi connectivity index (χ0n) is 19.1. The molecule has 7 nitrogen and oxygen atoms in total. The summed E-state index contributed by atoms with van der Waals surface area (Å²) in [6.45, 7) is 0.138. The molecular formula is C26H25ClN2O5S. The van der Waals surface area contributed by atoms with Gasteiger partial charge in [0, 0.05) is 30.9 Å². The van der Waals surface area contributed by atoms with Crippen molar-refractivity contribution in [1.29, 1.82) is 0 Å². The quantitative estimate of drug-likeness (QED) is 0.512. The monoisotopic (exact) mass is 512 g/mol. The molecule has 2 aliphatic rings. The molecule has 5 rings (SSSR count). The Balaban J connectivity index is 1.76. The number of aromatic carboxylic acids is 1. The lowest BCUT2D eigenvalue weighted by Gasteiger charge is -2.29. The summed E-state index contributed by atoms with van der Waals surface area (Å²) in [5.74, 6) is -0.838. The summed E-state index contributed by atoms with van der Waals surface area (Å²) < 4.78 is 29.2. The second kappa shape index (κ2) is 8.95. The van der Waals surface area contributed by atoms with Crippen molar-refractivity contribution in [1.82, 2.24) is 4.31 Å². The molecule has 182 valence electrons. The Hall–Kier alpha value is -2.91. The van der Waals surface area contributed by atoms with Crippen LogP contribution in [0.1, 0.15) is 28.8 Å². The summed E-state index contributed by atoms with van der Waals surface area (Å²) in [4.78, 5) is 13.7. The number of fused-ring (bicyclic) bond motifs is 1. The maximum absolute atomic E-state index is 13.9. The van der Waals surface area contributed by atoms with Crippen LogP contribution >= 0.6 is 11.6 Å². The highest BCUT2D eigenvalue weighted by Gasteiger charge is 2.44. The number of carboxylic acids is 1. The van der Waals surface area contributed by atoms with Gasteiger partial charge >= 0.3 is 5.97 Å². The average molecular weight is 513 g/mol. The van der Waals surface area contributed by atoms with Gasteiger partial charge in [0.05, 0.1) is 22.9 Å². The van der Waals surface area contributed by atoms with E-state index in [1.54, 1.807) is 13.1 Å². The van der Waals surface area contributed by atoms with Crippen molar-refractivity contribution in [2.45, 2.75) is 30.4 Å². The third kappa shape index (κ3) is 4.21. The van der Waals surface area contributed by atoms with Crippen LogP contribution < -0.4 is 4.90 Å². The van der Waals surface area contributed by atoms with Crippen molar-refractivity contribution in [3.8, 4) is 11.1 Å². The summed E-state index contributed by atoms with van der Waals surface area (Å²) in [7, 11) is -2.27. The van der Waals surface area contributed by atoms with Gasteiger partial charge in [-0.3, -0.25) is 0 Å². The maximum atomic E-state index is 13.9. The molecule has 9 heteroatoms. The number of sulfonamides is 1. The number of rotatable bonds is 5. The molecule has 0 amide bonds. The molecule has 0 bridgehead atoms. The molecular weight excluding hydrogens is 488 g/mol. The van der Waals surface area contributed by atoms with Crippen molar-refractivity contribution in [3.05, 3.63) is 76.8 Å². The minimum atomic E-state index is -3.89. The summed E-state index contributed by atoms with van der Waals surface area (Å²) in [6.07, 6.45) is 1.97. The minimum absolute atomic E-state index is 0.0166. The number of para-hydroxylation sites is 1. The lowest BCUT2D eigenvalue weighted by Crippen LogP contribution is -2.42. The molecule has 1 aliphatic heterocycles. The minimum Gasteiger partial charge on any atom is -0.478 e. The lowest BCUT2D eigenvalue weighted by atomic mass is 9.97. The Morgan fingerprint density at radius 3 is 2.40 bits per heavy atom. The number of halogens is 1. The number of likely N-dealkylation sites (N-methyl/N-ethyl adjacent to an activating group) is 1. The normalized spacial score (nSPS) is 19.7. The number of nitrogens with zero attached hydrogens (tertiary/aromatic N) is 2. The molecule has 3 aromatic rings. The molecule has 0 spiro atoms. The van der Waals surface area contributed by atoms with Crippen LogP contribution in [0.4, 0.5) is 11.4 Å². The van der Waals surface area contributed by atoms with Crippen LogP contribution in [0.5, 0.6) is 0 Å². The molecule has 1 heterocycles. The molecule has 35 heavy (non-hydrogen) atoms. The molecule has 1 aliphatic carbocycles. The fourth-order valence-corrected chi connectivity index (χ4v) is 6.64. The van der Waals surface area contributed by atoms with E-state index < -0.39 is 16.0 Å². The van der Waals surface area contributed by atoms with E-state index in [0.717, 1.165) is 18.5 Å². The van der Waals surface area contributed by atoms with Crippen molar-refractivity contribution in [2.75, 3.05) is 18.5 Å². The van der Waals surface area contributed by atoms with Gasteiger partial charge in [-0.25, -0.2) is 13.2 Å². The Kier molecular flexibility index (Phi) is 6.09. The Bertz CT molecular complexity index is 1410. The van der Waals surface area contributed by atoms with Gasteiger partial charge in [-0.1, -0.05) is 35.9 Å². The van der Waals surface area contributed by atoms with Crippen LogP contribution in [0.25, 0.3) is 11.1 Å². The van der Waals surface area contributed by atoms with Gasteiger partial charge < -0.3 is 15.1 Å². The number of aliphatic hydroxyl groups is 1. The van der Waals surface area contributed by atoms with E-state index in [1.165, 1.54) is 28.6 Å². The van der Waals surface area contributed by atoms with Gasteiger partial charge in [-0.05, 0) is 66.3 Å².